The third-order valence-corrected chi connectivity index (χ3v) is 5.39. The molecule has 0 radical (unpaired) electrons. The third-order valence-electron chi connectivity index (χ3n) is 3.21. The van der Waals surface area contributed by atoms with Crippen LogP contribution < -0.4 is 0 Å². The van der Waals surface area contributed by atoms with Gasteiger partial charge in [0.1, 0.15) is 0 Å². The second-order valence-electron chi connectivity index (χ2n) is 4.70. The van der Waals surface area contributed by atoms with Crippen LogP contribution in [0.1, 0.15) is 33.1 Å². The highest BCUT2D eigenvalue weighted by Crippen LogP contribution is 2.34. The quantitative estimate of drug-likeness (QED) is 0.530. The fraction of sp³-hybridized carbons (Fsp3) is 1.00. The molecular weight excluding hydrogens is 310 g/mol. The van der Waals surface area contributed by atoms with E-state index in [1.165, 1.54) is 19.3 Å². The van der Waals surface area contributed by atoms with Crippen LogP contribution in [0.25, 0.3) is 0 Å². The molecule has 0 spiro atoms. The first-order chi connectivity index (χ1) is 6.61. The maximum Gasteiger partial charge on any atom is 0.0878 e. The van der Waals surface area contributed by atoms with E-state index in [1.54, 1.807) is 0 Å². The fourth-order valence-corrected chi connectivity index (χ4v) is 2.57. The molecule has 0 N–H and O–H groups in total. The van der Waals surface area contributed by atoms with Gasteiger partial charge in [0.05, 0.1) is 18.1 Å². The Bertz CT molecular complexity index is 167. The Kier molecular flexibility index (Phi) is 5.50. The number of ether oxygens (including phenoxy) is 1. The minimum Gasteiger partial charge on any atom is -0.373 e. The molecule has 0 bridgehead atoms. The molecule has 1 aliphatic carbocycles. The van der Waals surface area contributed by atoms with Gasteiger partial charge in [0.15, 0.2) is 0 Å². The van der Waals surface area contributed by atoms with Gasteiger partial charge < -0.3 is 4.74 Å². The van der Waals surface area contributed by atoms with Gasteiger partial charge in [-0.2, -0.15) is 0 Å². The van der Waals surface area contributed by atoms with Crippen molar-refractivity contribution in [1.82, 2.24) is 0 Å². The molecule has 1 nitrogen and oxygen atoms in total. The van der Waals surface area contributed by atoms with Crippen molar-refractivity contribution in [2.24, 2.45) is 11.8 Å². The van der Waals surface area contributed by atoms with Crippen LogP contribution in [-0.4, -0.2) is 22.5 Å². The highest BCUT2D eigenvalue weighted by atomic mass is 127. The SMILES string of the molecule is CC(COC(C)(CCl)CI)C1CCC1. The summed E-state index contributed by atoms with van der Waals surface area (Å²) in [5.41, 5.74) is -0.125. The lowest BCUT2D eigenvalue weighted by molar-refractivity contribution is -0.0287. The van der Waals surface area contributed by atoms with E-state index in [0.29, 0.717) is 11.8 Å². The molecule has 1 rings (SSSR count). The molecule has 2 atom stereocenters. The monoisotopic (exact) mass is 330 g/mol. The van der Waals surface area contributed by atoms with Gasteiger partial charge >= 0.3 is 0 Å². The first-order valence-corrected chi connectivity index (χ1v) is 7.43. The Morgan fingerprint density at radius 3 is 2.57 bits per heavy atom. The molecular formula is C11H20ClIO. The Balaban J connectivity index is 2.23. The van der Waals surface area contributed by atoms with E-state index in [9.17, 15) is 0 Å². The van der Waals surface area contributed by atoms with Gasteiger partial charge in [-0.3, -0.25) is 0 Å². The lowest BCUT2D eigenvalue weighted by atomic mass is 9.77. The highest BCUT2D eigenvalue weighted by Gasteiger charge is 2.28. The average molecular weight is 331 g/mol. The van der Waals surface area contributed by atoms with E-state index >= 15 is 0 Å². The zero-order chi connectivity index (χ0) is 10.6. The van der Waals surface area contributed by atoms with Gasteiger partial charge in [0, 0.05) is 4.43 Å². The summed E-state index contributed by atoms with van der Waals surface area (Å²) in [6.45, 7) is 5.27. The zero-order valence-corrected chi connectivity index (χ0v) is 12.0. The second kappa shape index (κ2) is 5.90. The minimum atomic E-state index is -0.125. The molecule has 0 aromatic rings. The Morgan fingerprint density at radius 1 is 1.57 bits per heavy atom. The predicted molar refractivity (Wildman–Crippen MR) is 70.5 cm³/mol. The van der Waals surface area contributed by atoms with Crippen LogP contribution >= 0.6 is 34.2 Å². The van der Waals surface area contributed by atoms with Gasteiger partial charge in [-0.25, -0.2) is 0 Å². The van der Waals surface area contributed by atoms with Crippen molar-refractivity contribution >= 4 is 34.2 Å². The molecule has 1 aliphatic rings. The standard InChI is InChI=1S/C11H20ClIO/c1-9(10-4-3-5-10)6-14-11(2,7-12)8-13/h9-10H,3-8H2,1-2H3. The third kappa shape index (κ3) is 3.53. The summed E-state index contributed by atoms with van der Waals surface area (Å²) >= 11 is 8.23. The molecule has 0 amide bonds. The molecule has 0 aromatic heterocycles. The summed E-state index contributed by atoms with van der Waals surface area (Å²) in [4.78, 5) is 0. The molecule has 2 unspecified atom stereocenters. The van der Waals surface area contributed by atoms with Crippen LogP contribution in [0.3, 0.4) is 0 Å². The molecule has 0 saturated heterocycles. The van der Waals surface area contributed by atoms with E-state index < -0.39 is 0 Å². The number of hydrogen-bond donors (Lipinski definition) is 0. The predicted octanol–water partition coefficient (Wildman–Crippen LogP) is 3.87. The van der Waals surface area contributed by atoms with Gasteiger partial charge in [-0.05, 0) is 18.8 Å². The number of halogens is 2. The molecule has 3 heteroatoms. The van der Waals surface area contributed by atoms with E-state index in [4.69, 9.17) is 16.3 Å². The van der Waals surface area contributed by atoms with Crippen molar-refractivity contribution in [3.8, 4) is 0 Å². The number of rotatable bonds is 6. The Hall–Kier alpha value is 0.980. The smallest absolute Gasteiger partial charge is 0.0878 e. The van der Waals surface area contributed by atoms with Crippen molar-refractivity contribution in [1.29, 1.82) is 0 Å². The lowest BCUT2D eigenvalue weighted by Crippen LogP contribution is -2.36. The van der Waals surface area contributed by atoms with Crippen LogP contribution in [0, 0.1) is 11.8 Å². The first-order valence-electron chi connectivity index (χ1n) is 5.37. The summed E-state index contributed by atoms with van der Waals surface area (Å²) in [5, 5.41) is 0. The van der Waals surface area contributed by atoms with Crippen LogP contribution in [-0.2, 0) is 4.74 Å². The molecule has 0 heterocycles. The summed E-state index contributed by atoms with van der Waals surface area (Å²) in [5.74, 6) is 2.20. The second-order valence-corrected chi connectivity index (χ2v) is 5.73. The Morgan fingerprint density at radius 2 is 2.21 bits per heavy atom. The maximum absolute atomic E-state index is 5.91. The fourth-order valence-electron chi connectivity index (χ4n) is 1.59. The summed E-state index contributed by atoms with van der Waals surface area (Å²) in [6, 6.07) is 0. The van der Waals surface area contributed by atoms with Gasteiger partial charge in [0.2, 0.25) is 0 Å². The summed E-state index contributed by atoms with van der Waals surface area (Å²) in [6.07, 6.45) is 4.20. The van der Waals surface area contributed by atoms with Crippen LogP contribution in [0.15, 0.2) is 0 Å². The summed E-state index contributed by atoms with van der Waals surface area (Å²) < 4.78 is 6.87. The van der Waals surface area contributed by atoms with Crippen molar-refractivity contribution in [2.45, 2.75) is 38.7 Å². The Labute approximate surface area is 106 Å². The molecule has 1 saturated carbocycles. The average Bonchev–Trinajstić information content (AvgIpc) is 2.11. The van der Waals surface area contributed by atoms with Gasteiger partial charge in [-0.1, -0.05) is 48.8 Å². The molecule has 0 aromatic carbocycles. The molecule has 14 heavy (non-hydrogen) atoms. The van der Waals surface area contributed by atoms with E-state index in [1.807, 2.05) is 0 Å². The lowest BCUT2D eigenvalue weighted by Gasteiger charge is -2.34. The van der Waals surface area contributed by atoms with Crippen molar-refractivity contribution < 1.29 is 4.74 Å². The highest BCUT2D eigenvalue weighted by molar-refractivity contribution is 14.1. The van der Waals surface area contributed by atoms with Crippen LogP contribution in [0.5, 0.6) is 0 Å². The van der Waals surface area contributed by atoms with Crippen LogP contribution in [0.2, 0.25) is 0 Å². The summed E-state index contributed by atoms with van der Waals surface area (Å²) in [7, 11) is 0. The number of hydrogen-bond acceptors (Lipinski definition) is 1. The van der Waals surface area contributed by atoms with Crippen LogP contribution in [0.4, 0.5) is 0 Å². The minimum absolute atomic E-state index is 0.125. The van der Waals surface area contributed by atoms with Crippen molar-refractivity contribution in [2.75, 3.05) is 16.9 Å². The topological polar surface area (TPSA) is 9.23 Å². The van der Waals surface area contributed by atoms with E-state index in [0.717, 1.165) is 17.0 Å². The number of alkyl halides is 2. The zero-order valence-electron chi connectivity index (χ0n) is 9.06. The van der Waals surface area contributed by atoms with E-state index in [-0.39, 0.29) is 5.60 Å². The molecule has 1 fully saturated rings. The largest absolute Gasteiger partial charge is 0.373 e. The van der Waals surface area contributed by atoms with Gasteiger partial charge in [0.25, 0.3) is 0 Å². The maximum atomic E-state index is 5.91. The first kappa shape index (κ1) is 13.0. The normalized spacial score (nSPS) is 24.0. The van der Waals surface area contributed by atoms with Crippen molar-refractivity contribution in [3.05, 3.63) is 0 Å². The van der Waals surface area contributed by atoms with Gasteiger partial charge in [-0.15, -0.1) is 11.6 Å². The van der Waals surface area contributed by atoms with Crippen molar-refractivity contribution in [3.63, 3.8) is 0 Å². The molecule has 84 valence electrons. The molecule has 0 aliphatic heterocycles. The van der Waals surface area contributed by atoms with E-state index in [2.05, 4.69) is 36.4 Å².